The second kappa shape index (κ2) is 4.86. The molecule has 0 amide bonds. The Bertz CT molecular complexity index is 604. The van der Waals surface area contributed by atoms with Crippen LogP contribution in [0.3, 0.4) is 0 Å². The molecule has 0 saturated heterocycles. The number of halogens is 2. The maximum Gasteiger partial charge on any atom is 0.225 e. The molecule has 1 aromatic carbocycles. The van der Waals surface area contributed by atoms with Crippen LogP contribution in [0.2, 0.25) is 5.02 Å². The second-order valence-electron chi connectivity index (χ2n) is 4.13. The van der Waals surface area contributed by atoms with Gasteiger partial charge in [0.25, 0.3) is 0 Å². The van der Waals surface area contributed by atoms with Gasteiger partial charge in [-0.05, 0) is 37.5 Å². The van der Waals surface area contributed by atoms with Gasteiger partial charge in [-0.3, -0.25) is 0 Å². The molecule has 2 aromatic rings. The highest BCUT2D eigenvalue weighted by Crippen LogP contribution is 2.34. The Hall–Kier alpha value is -1.13. The summed E-state index contributed by atoms with van der Waals surface area (Å²) in [5.74, 6) is 1.23. The van der Waals surface area contributed by atoms with E-state index in [4.69, 9.17) is 16.3 Å². The van der Waals surface area contributed by atoms with Crippen molar-refractivity contribution >= 4 is 27.5 Å². The number of rotatable bonds is 2. The molecule has 3 nitrogen and oxygen atoms in total. The van der Waals surface area contributed by atoms with Gasteiger partial charge in [-0.1, -0.05) is 27.5 Å². The monoisotopic (exact) mass is 324 g/mol. The molecular formula is C13H10BrClN2O. The molecule has 0 bridgehead atoms. The van der Waals surface area contributed by atoms with E-state index in [2.05, 4.69) is 25.9 Å². The molecule has 92 valence electrons. The molecule has 18 heavy (non-hydrogen) atoms. The molecule has 0 N–H and O–H groups in total. The first kappa shape index (κ1) is 11.9. The van der Waals surface area contributed by atoms with E-state index < -0.39 is 0 Å². The predicted molar refractivity (Wildman–Crippen MR) is 73.3 cm³/mol. The third-order valence-corrected chi connectivity index (χ3v) is 3.74. The van der Waals surface area contributed by atoms with Crippen LogP contribution in [0.4, 0.5) is 0 Å². The zero-order valence-electron chi connectivity index (χ0n) is 9.49. The predicted octanol–water partition coefficient (Wildman–Crippen LogP) is 4.17. The quantitative estimate of drug-likeness (QED) is 0.831. The fourth-order valence-corrected chi connectivity index (χ4v) is 2.57. The van der Waals surface area contributed by atoms with Crippen molar-refractivity contribution in [2.24, 2.45) is 0 Å². The Morgan fingerprint density at radius 2 is 2.11 bits per heavy atom. The van der Waals surface area contributed by atoms with Gasteiger partial charge >= 0.3 is 0 Å². The average molecular weight is 326 g/mol. The fourth-order valence-electron chi connectivity index (χ4n) is 2.08. The zero-order valence-corrected chi connectivity index (χ0v) is 11.8. The second-order valence-corrected chi connectivity index (χ2v) is 5.46. The van der Waals surface area contributed by atoms with Crippen LogP contribution in [-0.2, 0) is 12.8 Å². The van der Waals surface area contributed by atoms with Crippen molar-refractivity contribution in [2.45, 2.75) is 19.3 Å². The summed E-state index contributed by atoms with van der Waals surface area (Å²) in [5.41, 5.74) is 2.19. The van der Waals surface area contributed by atoms with Crippen LogP contribution in [0.1, 0.15) is 17.7 Å². The highest BCUT2D eigenvalue weighted by molar-refractivity contribution is 9.10. The minimum Gasteiger partial charge on any atom is -0.437 e. The number of hydrogen-bond acceptors (Lipinski definition) is 3. The number of benzene rings is 1. The summed E-state index contributed by atoms with van der Waals surface area (Å²) >= 11 is 9.51. The van der Waals surface area contributed by atoms with Crippen molar-refractivity contribution in [3.05, 3.63) is 45.3 Å². The largest absolute Gasteiger partial charge is 0.437 e. The van der Waals surface area contributed by atoms with E-state index in [-0.39, 0.29) is 0 Å². The van der Waals surface area contributed by atoms with E-state index in [1.165, 1.54) is 0 Å². The highest BCUT2D eigenvalue weighted by Gasteiger charge is 2.19. The molecule has 0 aliphatic heterocycles. The molecule has 0 spiro atoms. The van der Waals surface area contributed by atoms with Crippen LogP contribution in [0.15, 0.2) is 29.0 Å². The van der Waals surface area contributed by atoms with Crippen molar-refractivity contribution in [3.63, 3.8) is 0 Å². The minimum atomic E-state index is 0.573. The summed E-state index contributed by atoms with van der Waals surface area (Å²) < 4.78 is 6.74. The normalized spacial score (nSPS) is 13.4. The first-order valence-electron chi connectivity index (χ1n) is 5.69. The lowest BCUT2D eigenvalue weighted by atomic mass is 10.2. The van der Waals surface area contributed by atoms with E-state index in [9.17, 15) is 0 Å². The number of ether oxygens (including phenoxy) is 1. The Morgan fingerprint density at radius 3 is 3.00 bits per heavy atom. The van der Waals surface area contributed by atoms with Crippen LogP contribution >= 0.6 is 27.5 Å². The number of nitrogens with zero attached hydrogens (tertiary/aromatic N) is 2. The first-order chi connectivity index (χ1) is 8.74. The Balaban J connectivity index is 1.98. The number of hydrogen-bond donors (Lipinski definition) is 0. The number of aryl methyl sites for hydroxylation is 1. The lowest BCUT2D eigenvalue weighted by Gasteiger charge is -2.10. The molecule has 0 saturated carbocycles. The van der Waals surface area contributed by atoms with E-state index in [1.807, 2.05) is 12.1 Å². The smallest absolute Gasteiger partial charge is 0.225 e. The van der Waals surface area contributed by atoms with Gasteiger partial charge in [-0.25, -0.2) is 9.97 Å². The molecule has 3 rings (SSSR count). The van der Waals surface area contributed by atoms with Crippen molar-refractivity contribution in [1.82, 2.24) is 9.97 Å². The SMILES string of the molecule is Clc1ccc(Br)cc1Oc1ncnc2c1CCC2. The molecule has 1 aromatic heterocycles. The van der Waals surface area contributed by atoms with E-state index in [1.54, 1.807) is 12.4 Å². The van der Waals surface area contributed by atoms with Gasteiger partial charge in [0.05, 0.1) is 10.7 Å². The molecule has 0 fully saturated rings. The third kappa shape index (κ3) is 2.22. The summed E-state index contributed by atoms with van der Waals surface area (Å²) in [5, 5.41) is 0.573. The summed E-state index contributed by atoms with van der Waals surface area (Å²) in [6, 6.07) is 5.51. The molecule has 0 radical (unpaired) electrons. The summed E-state index contributed by atoms with van der Waals surface area (Å²) in [4.78, 5) is 8.48. The molecule has 5 heteroatoms. The van der Waals surface area contributed by atoms with Crippen LogP contribution in [0.5, 0.6) is 11.6 Å². The van der Waals surface area contributed by atoms with Crippen LogP contribution in [0, 0.1) is 0 Å². The molecule has 1 aliphatic carbocycles. The molecule has 1 aliphatic rings. The Kier molecular flexibility index (Phi) is 3.22. The average Bonchev–Trinajstić information content (AvgIpc) is 2.83. The van der Waals surface area contributed by atoms with Gasteiger partial charge in [0.2, 0.25) is 5.88 Å². The van der Waals surface area contributed by atoms with Gasteiger partial charge in [-0.15, -0.1) is 0 Å². The summed E-state index contributed by atoms with van der Waals surface area (Å²) in [6.07, 6.45) is 4.62. The van der Waals surface area contributed by atoms with Gasteiger partial charge in [-0.2, -0.15) is 0 Å². The Labute approximate surface area is 118 Å². The summed E-state index contributed by atoms with van der Waals surface area (Å²) in [6.45, 7) is 0. The molecule has 0 unspecified atom stereocenters. The van der Waals surface area contributed by atoms with Crippen LogP contribution < -0.4 is 4.74 Å². The van der Waals surface area contributed by atoms with E-state index in [0.717, 1.165) is 35.0 Å². The van der Waals surface area contributed by atoms with Crippen molar-refractivity contribution in [1.29, 1.82) is 0 Å². The zero-order chi connectivity index (χ0) is 12.5. The number of aromatic nitrogens is 2. The maximum atomic E-state index is 6.11. The number of fused-ring (bicyclic) bond motifs is 1. The lowest BCUT2D eigenvalue weighted by Crippen LogP contribution is -1.97. The summed E-state index contributed by atoms with van der Waals surface area (Å²) in [7, 11) is 0. The molecule has 0 atom stereocenters. The standard InChI is InChI=1S/C13H10BrClN2O/c14-8-4-5-10(15)12(6-8)18-13-9-2-1-3-11(9)16-7-17-13/h4-7H,1-3H2. The van der Waals surface area contributed by atoms with Crippen molar-refractivity contribution < 1.29 is 4.74 Å². The molecule has 1 heterocycles. The van der Waals surface area contributed by atoms with Crippen LogP contribution in [0.25, 0.3) is 0 Å². The maximum absolute atomic E-state index is 6.11. The van der Waals surface area contributed by atoms with Gasteiger partial charge in [0, 0.05) is 10.0 Å². The van der Waals surface area contributed by atoms with Crippen molar-refractivity contribution in [2.75, 3.05) is 0 Å². The van der Waals surface area contributed by atoms with Gasteiger partial charge in [0.1, 0.15) is 12.1 Å². The van der Waals surface area contributed by atoms with Gasteiger partial charge < -0.3 is 4.74 Å². The minimum absolute atomic E-state index is 0.573. The van der Waals surface area contributed by atoms with E-state index in [0.29, 0.717) is 16.7 Å². The molecular weight excluding hydrogens is 316 g/mol. The highest BCUT2D eigenvalue weighted by atomic mass is 79.9. The Morgan fingerprint density at radius 1 is 1.22 bits per heavy atom. The van der Waals surface area contributed by atoms with Crippen molar-refractivity contribution in [3.8, 4) is 11.6 Å². The topological polar surface area (TPSA) is 35.0 Å². The van der Waals surface area contributed by atoms with Gasteiger partial charge in [0.15, 0.2) is 0 Å². The fraction of sp³-hybridized carbons (Fsp3) is 0.231. The third-order valence-electron chi connectivity index (χ3n) is 2.94. The lowest BCUT2D eigenvalue weighted by molar-refractivity contribution is 0.455. The van der Waals surface area contributed by atoms with Crippen LogP contribution in [-0.4, -0.2) is 9.97 Å². The van der Waals surface area contributed by atoms with E-state index >= 15 is 0 Å². The first-order valence-corrected chi connectivity index (χ1v) is 6.87.